The molecule has 8 nitrogen and oxygen atoms in total. The van der Waals surface area contributed by atoms with Crippen molar-refractivity contribution in [1.82, 2.24) is 9.78 Å². The standard InChI is InChI=1S/C24H24N4O4S2/c1-17-13-15-33-22(17)16-28-23(12-14-25-28)26-24(29)18-8-10-19(11-9-18)34(30,31)27(2)20-6-4-5-7-21(20)32-3/h4-15H,16H2,1-3H3,(H,26,29). The molecule has 0 spiro atoms. The normalized spacial score (nSPS) is 11.3. The monoisotopic (exact) mass is 496 g/mol. The third-order valence-corrected chi connectivity index (χ3v) is 8.21. The van der Waals surface area contributed by atoms with E-state index in [2.05, 4.69) is 10.4 Å². The summed E-state index contributed by atoms with van der Waals surface area (Å²) >= 11 is 1.64. The van der Waals surface area contributed by atoms with Gasteiger partial charge < -0.3 is 10.1 Å². The Morgan fingerprint density at radius 2 is 1.85 bits per heavy atom. The maximum Gasteiger partial charge on any atom is 0.264 e. The molecule has 34 heavy (non-hydrogen) atoms. The summed E-state index contributed by atoms with van der Waals surface area (Å²) in [5, 5.41) is 9.17. The molecule has 0 atom stereocenters. The molecule has 0 saturated heterocycles. The molecule has 0 saturated carbocycles. The fourth-order valence-corrected chi connectivity index (χ4v) is 5.50. The van der Waals surface area contributed by atoms with E-state index in [1.165, 1.54) is 44.0 Å². The first-order valence-corrected chi connectivity index (χ1v) is 12.7. The summed E-state index contributed by atoms with van der Waals surface area (Å²) in [6.07, 6.45) is 1.63. The number of benzene rings is 2. The molecule has 2 aromatic heterocycles. The maximum atomic E-state index is 13.1. The number of carbonyl (C=O) groups is 1. The number of methoxy groups -OCH3 is 1. The lowest BCUT2D eigenvalue weighted by Crippen LogP contribution is -2.27. The van der Waals surface area contributed by atoms with Crippen LogP contribution in [0.1, 0.15) is 20.8 Å². The first-order valence-electron chi connectivity index (χ1n) is 10.4. The van der Waals surface area contributed by atoms with Crippen LogP contribution in [0.3, 0.4) is 0 Å². The van der Waals surface area contributed by atoms with Crippen LogP contribution >= 0.6 is 11.3 Å². The SMILES string of the molecule is COc1ccccc1N(C)S(=O)(=O)c1ccc(C(=O)Nc2ccnn2Cc2sccc2C)cc1. The summed E-state index contributed by atoms with van der Waals surface area (Å²) in [4.78, 5) is 14.0. The van der Waals surface area contributed by atoms with Crippen molar-refractivity contribution in [3.63, 3.8) is 0 Å². The third-order valence-electron chi connectivity index (χ3n) is 5.42. The molecule has 2 heterocycles. The van der Waals surface area contributed by atoms with Gasteiger partial charge in [-0.2, -0.15) is 5.10 Å². The highest BCUT2D eigenvalue weighted by molar-refractivity contribution is 7.92. The van der Waals surface area contributed by atoms with E-state index in [0.29, 0.717) is 29.4 Å². The number of nitrogens with zero attached hydrogens (tertiary/aromatic N) is 3. The van der Waals surface area contributed by atoms with Crippen LogP contribution in [0.2, 0.25) is 0 Å². The van der Waals surface area contributed by atoms with Crippen LogP contribution in [0, 0.1) is 6.92 Å². The molecule has 0 bridgehead atoms. The number of amides is 1. The van der Waals surface area contributed by atoms with Crippen LogP contribution in [0.25, 0.3) is 0 Å². The summed E-state index contributed by atoms with van der Waals surface area (Å²) in [6, 6.07) is 16.4. The molecule has 4 aromatic rings. The van der Waals surface area contributed by atoms with E-state index < -0.39 is 10.0 Å². The summed E-state index contributed by atoms with van der Waals surface area (Å²) in [6.45, 7) is 2.59. The van der Waals surface area contributed by atoms with Crippen molar-refractivity contribution in [3.05, 3.63) is 88.2 Å². The average Bonchev–Trinajstić information content (AvgIpc) is 3.47. The Labute approximate surface area is 202 Å². The van der Waals surface area contributed by atoms with Gasteiger partial charge in [-0.05, 0) is 60.3 Å². The fourth-order valence-electron chi connectivity index (χ4n) is 3.41. The van der Waals surface area contributed by atoms with Crippen molar-refractivity contribution in [2.24, 2.45) is 0 Å². The number of rotatable bonds is 8. The Balaban J connectivity index is 1.50. The molecule has 0 fully saturated rings. The number of anilines is 2. The van der Waals surface area contributed by atoms with Crippen molar-refractivity contribution in [1.29, 1.82) is 0 Å². The molecule has 176 valence electrons. The van der Waals surface area contributed by atoms with Gasteiger partial charge in [0.15, 0.2) is 0 Å². The second-order valence-corrected chi connectivity index (χ2v) is 10.5. The van der Waals surface area contributed by atoms with E-state index in [0.717, 1.165) is 9.18 Å². The van der Waals surface area contributed by atoms with Crippen LogP contribution in [-0.4, -0.2) is 38.3 Å². The number of ether oxygens (including phenoxy) is 1. The molecular formula is C24H24N4O4S2. The quantitative estimate of drug-likeness (QED) is 0.391. The lowest BCUT2D eigenvalue weighted by atomic mass is 10.2. The van der Waals surface area contributed by atoms with Gasteiger partial charge >= 0.3 is 0 Å². The van der Waals surface area contributed by atoms with E-state index in [1.54, 1.807) is 52.5 Å². The second-order valence-electron chi connectivity index (χ2n) is 7.52. The van der Waals surface area contributed by atoms with E-state index in [4.69, 9.17) is 4.74 Å². The summed E-state index contributed by atoms with van der Waals surface area (Å²) in [5.74, 6) is 0.649. The largest absolute Gasteiger partial charge is 0.495 e. The molecule has 0 aliphatic heterocycles. The second kappa shape index (κ2) is 9.70. The summed E-state index contributed by atoms with van der Waals surface area (Å²) in [7, 11) is -0.899. The average molecular weight is 497 g/mol. The number of aromatic nitrogens is 2. The Hall–Kier alpha value is -3.63. The van der Waals surface area contributed by atoms with Crippen molar-refractivity contribution in [2.75, 3.05) is 23.8 Å². The zero-order chi connectivity index (χ0) is 24.3. The first-order chi connectivity index (χ1) is 16.3. The van der Waals surface area contributed by atoms with Crippen LogP contribution < -0.4 is 14.4 Å². The lowest BCUT2D eigenvalue weighted by Gasteiger charge is -2.21. The fraction of sp³-hybridized carbons (Fsp3) is 0.167. The summed E-state index contributed by atoms with van der Waals surface area (Å²) < 4.78 is 34.4. The lowest BCUT2D eigenvalue weighted by molar-refractivity contribution is 0.102. The molecule has 0 aliphatic rings. The maximum absolute atomic E-state index is 13.1. The Bertz CT molecular complexity index is 1410. The molecule has 0 radical (unpaired) electrons. The van der Waals surface area contributed by atoms with Gasteiger partial charge in [-0.3, -0.25) is 9.10 Å². The number of hydrogen-bond acceptors (Lipinski definition) is 6. The van der Waals surface area contributed by atoms with Gasteiger partial charge in [0.2, 0.25) is 0 Å². The number of thiophene rings is 1. The number of para-hydroxylation sites is 2. The first kappa shape index (κ1) is 23.5. The van der Waals surface area contributed by atoms with Crippen LogP contribution in [0.4, 0.5) is 11.5 Å². The number of aryl methyl sites for hydroxylation is 1. The minimum atomic E-state index is -3.85. The van der Waals surface area contributed by atoms with Crippen LogP contribution in [0.15, 0.2) is 77.1 Å². The van der Waals surface area contributed by atoms with Crippen molar-refractivity contribution in [3.8, 4) is 5.75 Å². The highest BCUT2D eigenvalue weighted by Gasteiger charge is 2.24. The molecule has 2 aromatic carbocycles. The smallest absolute Gasteiger partial charge is 0.264 e. The molecule has 0 unspecified atom stereocenters. The van der Waals surface area contributed by atoms with E-state index in [-0.39, 0.29) is 10.8 Å². The number of sulfonamides is 1. The zero-order valence-electron chi connectivity index (χ0n) is 18.9. The minimum absolute atomic E-state index is 0.0654. The Kier molecular flexibility index (Phi) is 6.71. The Morgan fingerprint density at radius 3 is 2.53 bits per heavy atom. The highest BCUT2D eigenvalue weighted by atomic mass is 32.2. The van der Waals surface area contributed by atoms with Gasteiger partial charge in [0, 0.05) is 23.6 Å². The van der Waals surface area contributed by atoms with E-state index in [9.17, 15) is 13.2 Å². The highest BCUT2D eigenvalue weighted by Crippen LogP contribution is 2.31. The van der Waals surface area contributed by atoms with Crippen molar-refractivity contribution >= 4 is 38.8 Å². The molecule has 10 heteroatoms. The number of hydrogen-bond donors (Lipinski definition) is 1. The minimum Gasteiger partial charge on any atom is -0.495 e. The molecule has 0 aliphatic carbocycles. The van der Waals surface area contributed by atoms with Crippen molar-refractivity contribution < 1.29 is 17.9 Å². The van der Waals surface area contributed by atoms with Gasteiger partial charge in [0.25, 0.3) is 15.9 Å². The van der Waals surface area contributed by atoms with Gasteiger partial charge in [-0.25, -0.2) is 13.1 Å². The van der Waals surface area contributed by atoms with Gasteiger partial charge in [0.05, 0.1) is 30.4 Å². The number of carbonyl (C=O) groups excluding carboxylic acids is 1. The van der Waals surface area contributed by atoms with Gasteiger partial charge in [0.1, 0.15) is 11.6 Å². The number of nitrogens with one attached hydrogen (secondary N) is 1. The van der Waals surface area contributed by atoms with Crippen molar-refractivity contribution in [2.45, 2.75) is 18.4 Å². The molecule has 4 rings (SSSR count). The molecule has 1 amide bonds. The molecule has 1 N–H and O–H groups in total. The predicted octanol–water partition coefficient (Wildman–Crippen LogP) is 4.39. The van der Waals surface area contributed by atoms with Crippen LogP contribution in [-0.2, 0) is 16.6 Å². The van der Waals surface area contributed by atoms with Gasteiger partial charge in [-0.15, -0.1) is 11.3 Å². The predicted molar refractivity (Wildman–Crippen MR) is 133 cm³/mol. The zero-order valence-corrected chi connectivity index (χ0v) is 20.6. The molecular weight excluding hydrogens is 472 g/mol. The van der Waals surface area contributed by atoms with E-state index in [1.807, 2.05) is 18.4 Å². The summed E-state index contributed by atoms with van der Waals surface area (Å²) in [5.41, 5.74) is 1.92. The van der Waals surface area contributed by atoms with E-state index >= 15 is 0 Å². The third kappa shape index (κ3) is 4.68. The topological polar surface area (TPSA) is 93.5 Å². The van der Waals surface area contributed by atoms with Crippen LogP contribution in [0.5, 0.6) is 5.75 Å². The van der Waals surface area contributed by atoms with Gasteiger partial charge in [-0.1, -0.05) is 12.1 Å². The Morgan fingerprint density at radius 1 is 1.12 bits per heavy atom.